The van der Waals surface area contributed by atoms with E-state index in [1.807, 2.05) is 0 Å². The van der Waals surface area contributed by atoms with E-state index in [9.17, 15) is 0 Å². The Hall–Kier alpha value is -0.160. The third-order valence-electron chi connectivity index (χ3n) is 2.13. The average Bonchev–Trinajstić information content (AvgIpc) is 2.46. The third kappa shape index (κ3) is 1.39. The maximum atomic E-state index is 8.79. The van der Waals surface area contributed by atoms with Crippen LogP contribution in [-0.2, 0) is 14.2 Å². The van der Waals surface area contributed by atoms with Crippen LogP contribution in [0.2, 0.25) is 0 Å². The predicted molar refractivity (Wildman–Crippen MR) is 36.1 cm³/mol. The molecule has 0 aromatic rings. The minimum Gasteiger partial charge on any atom is -0.394 e. The SMILES string of the molecule is OCC1CC2OCOCC2O1. The fourth-order valence-electron chi connectivity index (χ4n) is 1.54. The number of fused-ring (bicyclic) bond motifs is 1. The first kappa shape index (κ1) is 7.49. The quantitative estimate of drug-likeness (QED) is 0.562. The maximum Gasteiger partial charge on any atom is 0.147 e. The predicted octanol–water partition coefficient (Wildman–Crippen LogP) is -0.491. The van der Waals surface area contributed by atoms with Gasteiger partial charge in [-0.15, -0.1) is 0 Å². The normalized spacial score (nSPS) is 43.9. The molecule has 2 fully saturated rings. The Bertz CT molecular complexity index is 124. The lowest BCUT2D eigenvalue weighted by Gasteiger charge is -2.24. The maximum absolute atomic E-state index is 8.79. The molecule has 0 aliphatic carbocycles. The summed E-state index contributed by atoms with van der Waals surface area (Å²) in [6, 6.07) is 0. The monoisotopic (exact) mass is 160 g/mol. The van der Waals surface area contributed by atoms with Crippen molar-refractivity contribution >= 4 is 0 Å². The van der Waals surface area contributed by atoms with Crippen molar-refractivity contribution in [3.8, 4) is 0 Å². The first-order valence-corrected chi connectivity index (χ1v) is 3.86. The van der Waals surface area contributed by atoms with Crippen LogP contribution >= 0.6 is 0 Å². The van der Waals surface area contributed by atoms with Crippen LogP contribution < -0.4 is 0 Å². The second-order valence-corrected chi connectivity index (χ2v) is 2.91. The Morgan fingerprint density at radius 3 is 3.00 bits per heavy atom. The number of hydrogen-bond acceptors (Lipinski definition) is 4. The van der Waals surface area contributed by atoms with Gasteiger partial charge in [0.2, 0.25) is 0 Å². The molecular formula is C7H12O4. The molecule has 0 amide bonds. The lowest BCUT2D eigenvalue weighted by molar-refractivity contribution is -0.180. The molecule has 1 N–H and O–H groups in total. The zero-order valence-corrected chi connectivity index (χ0v) is 6.23. The lowest BCUT2D eigenvalue weighted by Crippen LogP contribution is -2.35. The highest BCUT2D eigenvalue weighted by Crippen LogP contribution is 2.25. The summed E-state index contributed by atoms with van der Waals surface area (Å²) < 4.78 is 15.7. The minimum atomic E-state index is -0.0494. The number of aliphatic hydroxyl groups excluding tert-OH is 1. The van der Waals surface area contributed by atoms with Crippen molar-refractivity contribution in [1.29, 1.82) is 0 Å². The van der Waals surface area contributed by atoms with E-state index in [1.54, 1.807) is 0 Å². The molecular weight excluding hydrogens is 148 g/mol. The van der Waals surface area contributed by atoms with Gasteiger partial charge < -0.3 is 19.3 Å². The van der Waals surface area contributed by atoms with Crippen LogP contribution in [0.1, 0.15) is 6.42 Å². The van der Waals surface area contributed by atoms with E-state index in [4.69, 9.17) is 19.3 Å². The summed E-state index contributed by atoms with van der Waals surface area (Å²) in [7, 11) is 0. The van der Waals surface area contributed by atoms with Crippen LogP contribution in [0.15, 0.2) is 0 Å². The average molecular weight is 160 g/mol. The molecule has 0 radical (unpaired) electrons. The fraction of sp³-hybridized carbons (Fsp3) is 1.00. The van der Waals surface area contributed by atoms with Crippen LogP contribution in [0.25, 0.3) is 0 Å². The van der Waals surface area contributed by atoms with Crippen LogP contribution in [0.4, 0.5) is 0 Å². The van der Waals surface area contributed by atoms with Gasteiger partial charge in [-0.25, -0.2) is 0 Å². The van der Waals surface area contributed by atoms with Crippen molar-refractivity contribution in [2.24, 2.45) is 0 Å². The molecule has 2 heterocycles. The molecule has 2 aliphatic heterocycles. The molecule has 3 atom stereocenters. The molecule has 0 saturated carbocycles. The largest absolute Gasteiger partial charge is 0.394 e. The van der Waals surface area contributed by atoms with Crippen LogP contribution in [0.3, 0.4) is 0 Å². The molecule has 0 bridgehead atoms. The van der Waals surface area contributed by atoms with E-state index in [1.165, 1.54) is 0 Å². The van der Waals surface area contributed by atoms with Crippen molar-refractivity contribution in [2.45, 2.75) is 24.7 Å². The Morgan fingerprint density at radius 1 is 1.36 bits per heavy atom. The fourth-order valence-corrected chi connectivity index (χ4v) is 1.54. The van der Waals surface area contributed by atoms with Crippen molar-refractivity contribution in [1.82, 2.24) is 0 Å². The van der Waals surface area contributed by atoms with E-state index in [0.717, 1.165) is 6.42 Å². The summed E-state index contributed by atoms with van der Waals surface area (Å²) >= 11 is 0. The summed E-state index contributed by atoms with van der Waals surface area (Å²) in [6.45, 7) is 1.04. The van der Waals surface area contributed by atoms with Gasteiger partial charge in [0.15, 0.2) is 0 Å². The number of aliphatic hydroxyl groups is 1. The zero-order chi connectivity index (χ0) is 7.68. The summed E-state index contributed by atoms with van der Waals surface area (Å²) in [5.74, 6) is 0. The molecule has 11 heavy (non-hydrogen) atoms. The Kier molecular flexibility index (Phi) is 2.09. The van der Waals surface area contributed by atoms with E-state index >= 15 is 0 Å². The molecule has 0 aromatic carbocycles. The molecule has 2 aliphatic rings. The van der Waals surface area contributed by atoms with Gasteiger partial charge >= 0.3 is 0 Å². The summed E-state index contributed by atoms with van der Waals surface area (Å²) in [5.41, 5.74) is 0. The summed E-state index contributed by atoms with van der Waals surface area (Å²) in [4.78, 5) is 0. The van der Waals surface area contributed by atoms with Gasteiger partial charge in [0, 0.05) is 6.42 Å². The van der Waals surface area contributed by atoms with Crippen molar-refractivity contribution in [3.63, 3.8) is 0 Å². The van der Waals surface area contributed by atoms with Gasteiger partial charge in [0.05, 0.1) is 25.4 Å². The van der Waals surface area contributed by atoms with Gasteiger partial charge in [-0.2, -0.15) is 0 Å². The zero-order valence-electron chi connectivity index (χ0n) is 6.23. The van der Waals surface area contributed by atoms with Crippen molar-refractivity contribution in [3.05, 3.63) is 0 Å². The molecule has 2 saturated heterocycles. The highest BCUT2D eigenvalue weighted by atomic mass is 16.7. The van der Waals surface area contributed by atoms with Crippen LogP contribution in [0.5, 0.6) is 0 Å². The Balaban J connectivity index is 1.92. The van der Waals surface area contributed by atoms with E-state index in [-0.39, 0.29) is 24.9 Å². The third-order valence-corrected chi connectivity index (χ3v) is 2.13. The van der Waals surface area contributed by atoms with Gasteiger partial charge in [-0.05, 0) is 0 Å². The molecule has 3 unspecified atom stereocenters. The summed E-state index contributed by atoms with van der Waals surface area (Å²) in [5, 5.41) is 8.79. The molecule has 0 aromatic heterocycles. The highest BCUT2D eigenvalue weighted by molar-refractivity contribution is 4.84. The van der Waals surface area contributed by atoms with E-state index in [2.05, 4.69) is 0 Å². The van der Waals surface area contributed by atoms with Crippen LogP contribution in [-0.4, -0.2) is 43.4 Å². The highest BCUT2D eigenvalue weighted by Gasteiger charge is 2.37. The van der Waals surface area contributed by atoms with Crippen LogP contribution in [0, 0.1) is 0 Å². The second-order valence-electron chi connectivity index (χ2n) is 2.91. The second kappa shape index (κ2) is 3.06. The van der Waals surface area contributed by atoms with Gasteiger partial charge in [0.1, 0.15) is 12.9 Å². The smallest absolute Gasteiger partial charge is 0.147 e. The van der Waals surface area contributed by atoms with Crippen molar-refractivity contribution < 1.29 is 19.3 Å². The summed E-state index contributed by atoms with van der Waals surface area (Å²) in [6.07, 6.45) is 0.929. The molecule has 4 heteroatoms. The number of rotatable bonds is 1. The Labute approximate surface area is 65.1 Å². The number of ether oxygens (including phenoxy) is 3. The molecule has 0 spiro atoms. The van der Waals surface area contributed by atoms with E-state index in [0.29, 0.717) is 13.4 Å². The van der Waals surface area contributed by atoms with E-state index < -0.39 is 0 Å². The standard InChI is InChI=1S/C7H12O4/c8-2-5-1-6-7(11-5)3-9-4-10-6/h5-8H,1-4H2. The number of hydrogen-bond donors (Lipinski definition) is 1. The van der Waals surface area contributed by atoms with Gasteiger partial charge in [0.25, 0.3) is 0 Å². The van der Waals surface area contributed by atoms with Crippen molar-refractivity contribution in [2.75, 3.05) is 20.0 Å². The van der Waals surface area contributed by atoms with Gasteiger partial charge in [-0.1, -0.05) is 0 Å². The molecule has 4 nitrogen and oxygen atoms in total. The minimum absolute atomic E-state index is 0.0425. The topological polar surface area (TPSA) is 47.9 Å². The first-order valence-electron chi connectivity index (χ1n) is 3.86. The van der Waals surface area contributed by atoms with Gasteiger partial charge in [-0.3, -0.25) is 0 Å². The Morgan fingerprint density at radius 2 is 2.27 bits per heavy atom. The molecule has 2 rings (SSSR count). The lowest BCUT2D eigenvalue weighted by atomic mass is 10.1. The first-order chi connectivity index (χ1) is 5.40. The molecule has 64 valence electrons.